The summed E-state index contributed by atoms with van der Waals surface area (Å²) in [6.45, 7) is 21.3. The summed E-state index contributed by atoms with van der Waals surface area (Å²) in [7, 11) is 0. The summed E-state index contributed by atoms with van der Waals surface area (Å²) in [5.41, 5.74) is 5.72. The summed E-state index contributed by atoms with van der Waals surface area (Å²) >= 11 is 0. The largest absolute Gasteiger partial charge is 0.393 e. The molecule has 3 heteroatoms. The van der Waals surface area contributed by atoms with E-state index < -0.39 is 11.2 Å². The lowest BCUT2D eigenvalue weighted by molar-refractivity contribution is -0.115. The standard InChI is InChI=1S/C40H56O3/c1-29(17-13-19-31(3)21-22-36-33(5)25-34(41)26-37(36,6)7)15-11-12-16-30(2)18-14-20-32(4)23-24-40-38(8,9)27-35(43-40)28-39(40,10)42/h11-24,34-35,41-42H,25-28H2,1-10H3/b12-11+,17-13?,18-14+,22-21?,24-23+,29-15?,30-16+,31-19?,32-20+. The number of fused-ring (bicyclic) bond motifs is 2. The van der Waals surface area contributed by atoms with E-state index in [-0.39, 0.29) is 23.0 Å². The second kappa shape index (κ2) is 13.9. The molecule has 4 unspecified atom stereocenters. The molecule has 2 aliphatic heterocycles. The molecule has 3 nitrogen and oxygen atoms in total. The minimum atomic E-state index is -0.844. The Balaban J connectivity index is 1.52. The van der Waals surface area contributed by atoms with E-state index in [0.717, 1.165) is 30.4 Å². The van der Waals surface area contributed by atoms with E-state index in [1.165, 1.54) is 22.3 Å². The molecule has 0 amide bonds. The van der Waals surface area contributed by atoms with Crippen molar-refractivity contribution in [1.82, 2.24) is 0 Å². The Labute approximate surface area is 262 Å². The minimum Gasteiger partial charge on any atom is -0.393 e. The van der Waals surface area contributed by atoms with Crippen molar-refractivity contribution in [1.29, 1.82) is 0 Å². The van der Waals surface area contributed by atoms with Gasteiger partial charge in [0.05, 0.1) is 17.8 Å². The predicted molar refractivity (Wildman–Crippen MR) is 184 cm³/mol. The van der Waals surface area contributed by atoms with Crippen LogP contribution in [0.25, 0.3) is 0 Å². The van der Waals surface area contributed by atoms with E-state index in [1.807, 2.05) is 6.92 Å². The molecule has 2 bridgehead atoms. The zero-order valence-electron chi connectivity index (χ0n) is 28.4. The first-order valence-electron chi connectivity index (χ1n) is 15.9. The van der Waals surface area contributed by atoms with Crippen LogP contribution < -0.4 is 0 Å². The van der Waals surface area contributed by atoms with Gasteiger partial charge < -0.3 is 14.9 Å². The van der Waals surface area contributed by atoms with Gasteiger partial charge in [-0.1, -0.05) is 135 Å². The summed E-state index contributed by atoms with van der Waals surface area (Å²) in [6, 6.07) is 0. The first-order chi connectivity index (χ1) is 20.0. The highest BCUT2D eigenvalue weighted by Gasteiger charge is 2.67. The summed E-state index contributed by atoms with van der Waals surface area (Å²) in [5.74, 6) is 0. The number of allylic oxidation sites excluding steroid dienone is 18. The third-order valence-electron chi connectivity index (χ3n) is 9.36. The molecular weight excluding hydrogens is 528 g/mol. The maximum Gasteiger partial charge on any atom is 0.120 e. The number of rotatable bonds is 10. The van der Waals surface area contributed by atoms with Crippen molar-refractivity contribution < 1.29 is 14.9 Å². The topological polar surface area (TPSA) is 49.7 Å². The Morgan fingerprint density at radius 2 is 1.23 bits per heavy atom. The fraction of sp³-hybridized carbons (Fsp3) is 0.500. The molecule has 0 aromatic carbocycles. The van der Waals surface area contributed by atoms with Crippen LogP contribution in [0.15, 0.2) is 119 Å². The molecule has 43 heavy (non-hydrogen) atoms. The van der Waals surface area contributed by atoms with Crippen molar-refractivity contribution in [2.75, 3.05) is 0 Å². The molecule has 2 N–H and O–H groups in total. The van der Waals surface area contributed by atoms with E-state index in [4.69, 9.17) is 4.74 Å². The van der Waals surface area contributed by atoms with Crippen LogP contribution in [0.5, 0.6) is 0 Å². The van der Waals surface area contributed by atoms with Crippen LogP contribution in [-0.4, -0.2) is 33.6 Å². The van der Waals surface area contributed by atoms with E-state index in [1.54, 1.807) is 0 Å². The molecule has 0 saturated carbocycles. The molecule has 0 radical (unpaired) electrons. The molecule has 2 saturated heterocycles. The van der Waals surface area contributed by atoms with E-state index in [2.05, 4.69) is 147 Å². The van der Waals surface area contributed by atoms with Gasteiger partial charge in [0.15, 0.2) is 0 Å². The van der Waals surface area contributed by atoms with Crippen molar-refractivity contribution >= 4 is 0 Å². The molecular formula is C40H56O3. The first kappa shape index (κ1) is 34.8. The van der Waals surface area contributed by atoms with Gasteiger partial charge in [-0.25, -0.2) is 0 Å². The highest BCUT2D eigenvalue weighted by atomic mass is 16.5. The molecule has 0 spiro atoms. The fourth-order valence-corrected chi connectivity index (χ4v) is 7.18. The van der Waals surface area contributed by atoms with Gasteiger partial charge >= 0.3 is 0 Å². The van der Waals surface area contributed by atoms with Crippen molar-refractivity contribution in [2.45, 2.75) is 118 Å². The van der Waals surface area contributed by atoms with Gasteiger partial charge in [0, 0.05) is 11.8 Å². The quantitative estimate of drug-likeness (QED) is 0.251. The predicted octanol–water partition coefficient (Wildman–Crippen LogP) is 9.76. The van der Waals surface area contributed by atoms with Gasteiger partial charge in [0.1, 0.15) is 5.60 Å². The minimum absolute atomic E-state index is 0.00123. The number of aliphatic hydroxyl groups excluding tert-OH is 1. The molecule has 4 atom stereocenters. The molecule has 3 rings (SSSR count). The maximum atomic E-state index is 11.1. The molecule has 0 aromatic heterocycles. The Kier molecular flexibility index (Phi) is 11.3. The van der Waals surface area contributed by atoms with E-state index in [0.29, 0.717) is 6.42 Å². The third kappa shape index (κ3) is 8.69. The average molecular weight is 585 g/mol. The van der Waals surface area contributed by atoms with Gasteiger partial charge in [0.25, 0.3) is 0 Å². The average Bonchev–Trinajstić information content (AvgIpc) is 3.28. The van der Waals surface area contributed by atoms with Crippen LogP contribution in [0, 0.1) is 10.8 Å². The lowest BCUT2D eigenvalue weighted by atomic mass is 9.61. The summed E-state index contributed by atoms with van der Waals surface area (Å²) in [5, 5.41) is 21.2. The van der Waals surface area contributed by atoms with Gasteiger partial charge in [-0.2, -0.15) is 0 Å². The number of aliphatic hydroxyl groups is 2. The van der Waals surface area contributed by atoms with Gasteiger partial charge in [-0.15, -0.1) is 0 Å². The van der Waals surface area contributed by atoms with Gasteiger partial charge in [-0.3, -0.25) is 0 Å². The summed E-state index contributed by atoms with van der Waals surface area (Å²) in [6.07, 6.45) is 32.7. The van der Waals surface area contributed by atoms with Crippen LogP contribution in [0.2, 0.25) is 0 Å². The van der Waals surface area contributed by atoms with Gasteiger partial charge in [-0.05, 0) is 77.9 Å². The molecule has 1 aliphatic carbocycles. The van der Waals surface area contributed by atoms with Crippen LogP contribution in [0.1, 0.15) is 94.9 Å². The SMILES string of the molecule is CC(C=CC1=C(C)CC(O)CC1(C)C)=CC=CC(C)=C/C=C/C=C(C)/C=C/C=C(C)/C=C/C12OC(CC1(C)C)CC2(C)O. The Hall–Kier alpha value is -2.72. The first-order valence-corrected chi connectivity index (χ1v) is 15.9. The Morgan fingerprint density at radius 1 is 0.721 bits per heavy atom. The van der Waals surface area contributed by atoms with E-state index in [9.17, 15) is 10.2 Å². The Morgan fingerprint density at radius 3 is 1.74 bits per heavy atom. The fourth-order valence-electron chi connectivity index (χ4n) is 7.18. The maximum absolute atomic E-state index is 11.1. The highest BCUT2D eigenvalue weighted by molar-refractivity contribution is 5.38. The van der Waals surface area contributed by atoms with Crippen LogP contribution >= 0.6 is 0 Å². The molecule has 2 fully saturated rings. The second-order valence-corrected chi connectivity index (χ2v) is 14.6. The van der Waals surface area contributed by atoms with Crippen molar-refractivity contribution in [3.8, 4) is 0 Å². The zero-order chi connectivity index (χ0) is 32.1. The monoisotopic (exact) mass is 584 g/mol. The number of hydrogen-bond donors (Lipinski definition) is 2. The molecule has 2 heterocycles. The van der Waals surface area contributed by atoms with Crippen LogP contribution in [0.3, 0.4) is 0 Å². The third-order valence-corrected chi connectivity index (χ3v) is 9.36. The lowest BCUT2D eigenvalue weighted by Gasteiger charge is -2.46. The molecule has 3 aliphatic rings. The molecule has 234 valence electrons. The smallest absolute Gasteiger partial charge is 0.120 e. The van der Waals surface area contributed by atoms with Crippen LogP contribution in [-0.2, 0) is 4.74 Å². The number of ether oxygens (including phenoxy) is 1. The van der Waals surface area contributed by atoms with Crippen molar-refractivity contribution in [3.05, 3.63) is 119 Å². The molecule has 0 aromatic rings. The summed E-state index contributed by atoms with van der Waals surface area (Å²) < 4.78 is 6.31. The summed E-state index contributed by atoms with van der Waals surface area (Å²) in [4.78, 5) is 0. The van der Waals surface area contributed by atoms with Gasteiger partial charge in [0.2, 0.25) is 0 Å². The normalized spacial score (nSPS) is 32.3. The zero-order valence-corrected chi connectivity index (χ0v) is 28.4. The lowest BCUT2D eigenvalue weighted by Crippen LogP contribution is -2.56. The highest BCUT2D eigenvalue weighted by Crippen LogP contribution is 2.60. The van der Waals surface area contributed by atoms with Crippen molar-refractivity contribution in [2.24, 2.45) is 10.8 Å². The Bertz CT molecular complexity index is 1310. The van der Waals surface area contributed by atoms with Crippen LogP contribution in [0.4, 0.5) is 0 Å². The number of hydrogen-bond acceptors (Lipinski definition) is 3. The van der Waals surface area contributed by atoms with E-state index >= 15 is 0 Å². The van der Waals surface area contributed by atoms with Crippen molar-refractivity contribution in [3.63, 3.8) is 0 Å². The second-order valence-electron chi connectivity index (χ2n) is 14.6.